The molecule has 1 N–H and O–H groups in total. The van der Waals surface area contributed by atoms with Crippen LogP contribution in [0.25, 0.3) is 0 Å². The highest BCUT2D eigenvalue weighted by Gasteiger charge is 2.29. The summed E-state index contributed by atoms with van der Waals surface area (Å²) in [6.45, 7) is -0.131. The van der Waals surface area contributed by atoms with Gasteiger partial charge in [0, 0.05) is 19.3 Å². The smallest absolute Gasteiger partial charge is 0.305 e. The molecule has 0 atom stereocenters. The largest absolute Gasteiger partial charge is 0.463 e. The fourth-order valence-electron chi connectivity index (χ4n) is 1.30. The minimum atomic E-state index is -0.443. The summed E-state index contributed by atoms with van der Waals surface area (Å²) >= 11 is 0. The van der Waals surface area contributed by atoms with Crippen molar-refractivity contribution in [3.63, 3.8) is 0 Å². The first-order chi connectivity index (χ1) is 8.15. The predicted molar refractivity (Wildman–Crippen MR) is 54.3 cm³/mol. The van der Waals surface area contributed by atoms with E-state index in [-0.39, 0.29) is 50.9 Å². The molecular formula is C10H15NO6. The molecule has 0 saturated carbocycles. The molecule has 0 unspecified atom stereocenters. The number of imide groups is 1. The van der Waals surface area contributed by atoms with Crippen molar-refractivity contribution in [1.82, 2.24) is 5.06 Å². The van der Waals surface area contributed by atoms with E-state index in [0.29, 0.717) is 6.42 Å². The number of aliphatic hydroxyl groups excluding tert-OH is 1. The van der Waals surface area contributed by atoms with Gasteiger partial charge in [-0.25, -0.2) is 0 Å². The third-order valence-electron chi connectivity index (χ3n) is 2.11. The molecule has 1 aliphatic heterocycles. The topological polar surface area (TPSA) is 93.1 Å². The molecule has 0 radical (unpaired) electrons. The van der Waals surface area contributed by atoms with Gasteiger partial charge in [0.2, 0.25) is 0 Å². The van der Waals surface area contributed by atoms with Crippen LogP contribution in [0.5, 0.6) is 0 Å². The molecular weight excluding hydrogens is 230 g/mol. The number of hydrogen-bond donors (Lipinski definition) is 1. The summed E-state index contributed by atoms with van der Waals surface area (Å²) in [5.74, 6) is -1.14. The maximum Gasteiger partial charge on any atom is 0.305 e. The molecule has 1 aliphatic rings. The minimum absolute atomic E-state index is 0.0250. The maximum absolute atomic E-state index is 11.1. The number of aliphatic hydroxyl groups is 1. The number of hydrogen-bond acceptors (Lipinski definition) is 6. The number of amides is 2. The van der Waals surface area contributed by atoms with Crippen molar-refractivity contribution < 1.29 is 29.1 Å². The lowest BCUT2D eigenvalue weighted by Gasteiger charge is -2.12. The third kappa shape index (κ3) is 4.49. The van der Waals surface area contributed by atoms with Crippen LogP contribution in [-0.4, -0.2) is 47.8 Å². The first-order valence-electron chi connectivity index (χ1n) is 5.40. The lowest BCUT2D eigenvalue weighted by molar-refractivity contribution is -0.187. The SMILES string of the molecule is O=C(CCCON1C(=O)CCC1=O)OCCO. The Bertz CT molecular complexity index is 287. The van der Waals surface area contributed by atoms with Crippen molar-refractivity contribution >= 4 is 17.8 Å². The Labute approximate surface area is 98.2 Å². The van der Waals surface area contributed by atoms with Crippen LogP contribution in [0, 0.1) is 0 Å². The molecule has 7 nitrogen and oxygen atoms in total. The van der Waals surface area contributed by atoms with E-state index in [0.717, 1.165) is 5.06 Å². The zero-order valence-corrected chi connectivity index (χ0v) is 9.39. The molecule has 1 saturated heterocycles. The molecule has 0 aromatic carbocycles. The Hall–Kier alpha value is -1.47. The average molecular weight is 245 g/mol. The van der Waals surface area contributed by atoms with Gasteiger partial charge in [-0.05, 0) is 6.42 Å². The summed E-state index contributed by atoms with van der Waals surface area (Å²) < 4.78 is 4.61. The molecule has 0 bridgehead atoms. The van der Waals surface area contributed by atoms with Crippen LogP contribution in [0.15, 0.2) is 0 Å². The number of carbonyl (C=O) groups excluding carboxylic acids is 3. The normalized spacial score (nSPS) is 15.5. The molecule has 17 heavy (non-hydrogen) atoms. The van der Waals surface area contributed by atoms with E-state index in [1.807, 2.05) is 0 Å². The number of carbonyl (C=O) groups is 3. The van der Waals surface area contributed by atoms with Crippen LogP contribution in [0.4, 0.5) is 0 Å². The van der Waals surface area contributed by atoms with Gasteiger partial charge in [0.25, 0.3) is 11.8 Å². The Balaban J connectivity index is 2.09. The molecule has 1 rings (SSSR count). The fraction of sp³-hybridized carbons (Fsp3) is 0.700. The van der Waals surface area contributed by atoms with Crippen molar-refractivity contribution in [2.24, 2.45) is 0 Å². The third-order valence-corrected chi connectivity index (χ3v) is 2.11. The molecule has 0 aliphatic carbocycles. The summed E-state index contributed by atoms with van der Waals surface area (Å²) in [6.07, 6.45) is 0.826. The number of nitrogens with zero attached hydrogens (tertiary/aromatic N) is 1. The standard InChI is InChI=1S/C10H15NO6/c12-5-7-16-10(15)2-1-6-17-11-8(13)3-4-9(11)14/h12H,1-7H2. The molecule has 0 spiro atoms. The summed E-state index contributed by atoms with van der Waals surface area (Å²) in [4.78, 5) is 38.2. The van der Waals surface area contributed by atoms with E-state index in [9.17, 15) is 14.4 Å². The van der Waals surface area contributed by atoms with E-state index in [2.05, 4.69) is 4.74 Å². The van der Waals surface area contributed by atoms with Crippen LogP contribution in [-0.2, 0) is 24.0 Å². The predicted octanol–water partition coefficient (Wildman–Crippen LogP) is -0.617. The molecule has 7 heteroatoms. The van der Waals surface area contributed by atoms with Gasteiger partial charge in [0.1, 0.15) is 6.61 Å². The second-order valence-electron chi connectivity index (χ2n) is 3.46. The highest BCUT2D eigenvalue weighted by Crippen LogP contribution is 2.12. The maximum atomic E-state index is 11.1. The van der Waals surface area contributed by atoms with E-state index >= 15 is 0 Å². The van der Waals surface area contributed by atoms with E-state index in [4.69, 9.17) is 9.94 Å². The van der Waals surface area contributed by atoms with Crippen molar-refractivity contribution in [2.75, 3.05) is 19.8 Å². The first kappa shape index (κ1) is 13.6. The Kier molecular flexibility index (Phi) is 5.58. The van der Waals surface area contributed by atoms with E-state index in [1.54, 1.807) is 0 Å². The van der Waals surface area contributed by atoms with Gasteiger partial charge in [-0.1, -0.05) is 0 Å². The van der Waals surface area contributed by atoms with Crippen LogP contribution in [0.3, 0.4) is 0 Å². The number of rotatable bonds is 7. The lowest BCUT2D eigenvalue weighted by atomic mass is 10.3. The summed E-state index contributed by atoms with van der Waals surface area (Å²) in [7, 11) is 0. The molecule has 96 valence electrons. The van der Waals surface area contributed by atoms with Gasteiger partial charge < -0.3 is 9.84 Å². The van der Waals surface area contributed by atoms with Crippen LogP contribution >= 0.6 is 0 Å². The minimum Gasteiger partial charge on any atom is -0.463 e. The van der Waals surface area contributed by atoms with Crippen molar-refractivity contribution in [1.29, 1.82) is 0 Å². The highest BCUT2D eigenvalue weighted by atomic mass is 16.7. The average Bonchev–Trinajstić information content (AvgIpc) is 2.62. The lowest BCUT2D eigenvalue weighted by Crippen LogP contribution is -2.29. The van der Waals surface area contributed by atoms with Gasteiger partial charge in [-0.3, -0.25) is 19.2 Å². The highest BCUT2D eigenvalue weighted by molar-refractivity contribution is 6.00. The Morgan fingerprint density at radius 1 is 1.24 bits per heavy atom. The summed E-state index contributed by atoms with van der Waals surface area (Å²) in [5.41, 5.74) is 0. The summed E-state index contributed by atoms with van der Waals surface area (Å²) in [6, 6.07) is 0. The monoisotopic (exact) mass is 245 g/mol. The molecule has 1 fully saturated rings. The second kappa shape index (κ2) is 6.97. The summed E-state index contributed by atoms with van der Waals surface area (Å²) in [5, 5.41) is 9.15. The van der Waals surface area contributed by atoms with Crippen molar-refractivity contribution in [3.05, 3.63) is 0 Å². The number of hydroxylamine groups is 2. The van der Waals surface area contributed by atoms with Gasteiger partial charge in [0.05, 0.1) is 13.2 Å². The Morgan fingerprint density at radius 3 is 2.47 bits per heavy atom. The van der Waals surface area contributed by atoms with Crippen LogP contribution < -0.4 is 0 Å². The number of ether oxygens (including phenoxy) is 1. The van der Waals surface area contributed by atoms with Crippen LogP contribution in [0.2, 0.25) is 0 Å². The van der Waals surface area contributed by atoms with E-state index in [1.165, 1.54) is 0 Å². The van der Waals surface area contributed by atoms with Crippen molar-refractivity contribution in [3.8, 4) is 0 Å². The molecule has 1 heterocycles. The Morgan fingerprint density at radius 2 is 1.88 bits per heavy atom. The second-order valence-corrected chi connectivity index (χ2v) is 3.46. The van der Waals surface area contributed by atoms with Crippen LogP contribution in [0.1, 0.15) is 25.7 Å². The van der Waals surface area contributed by atoms with Crippen molar-refractivity contribution in [2.45, 2.75) is 25.7 Å². The first-order valence-corrected chi connectivity index (χ1v) is 5.40. The van der Waals surface area contributed by atoms with Gasteiger partial charge in [-0.2, -0.15) is 5.06 Å². The fourth-order valence-corrected chi connectivity index (χ4v) is 1.30. The quantitative estimate of drug-likeness (QED) is 0.365. The molecule has 0 aromatic heterocycles. The zero-order chi connectivity index (χ0) is 12.7. The number of esters is 1. The molecule has 0 aromatic rings. The van der Waals surface area contributed by atoms with Gasteiger partial charge in [0.15, 0.2) is 0 Å². The molecule has 2 amide bonds. The van der Waals surface area contributed by atoms with Gasteiger partial charge in [-0.15, -0.1) is 0 Å². The van der Waals surface area contributed by atoms with E-state index < -0.39 is 5.97 Å². The van der Waals surface area contributed by atoms with Gasteiger partial charge >= 0.3 is 5.97 Å². The zero-order valence-electron chi connectivity index (χ0n) is 9.39.